The van der Waals surface area contributed by atoms with E-state index >= 15 is 0 Å². The second kappa shape index (κ2) is 9.76. The Morgan fingerprint density at radius 2 is 1.80 bits per heavy atom. The molecule has 0 saturated heterocycles. The highest BCUT2D eigenvalue weighted by molar-refractivity contribution is 5.88. The third-order valence-corrected chi connectivity index (χ3v) is 3.79. The quantitative estimate of drug-likeness (QED) is 0.553. The van der Waals surface area contributed by atoms with Crippen molar-refractivity contribution in [2.45, 2.75) is 12.5 Å². The molecule has 0 saturated carbocycles. The molecule has 0 bridgehead atoms. The van der Waals surface area contributed by atoms with E-state index in [0.29, 0.717) is 19.6 Å². The summed E-state index contributed by atoms with van der Waals surface area (Å²) in [5.74, 6) is -0.857. The van der Waals surface area contributed by atoms with Crippen LogP contribution < -0.4 is 5.32 Å². The zero-order chi connectivity index (χ0) is 18.1. The molecule has 0 fully saturated rings. The molecule has 1 N–H and O–H groups in total. The van der Waals surface area contributed by atoms with E-state index in [0.717, 1.165) is 16.3 Å². The largest absolute Gasteiger partial charge is 0.467 e. The first kappa shape index (κ1) is 18.9. The fourth-order valence-corrected chi connectivity index (χ4v) is 2.57. The third-order valence-electron chi connectivity index (χ3n) is 3.79. The molecule has 0 aromatic heterocycles. The zero-order valence-corrected chi connectivity index (χ0v) is 14.5. The lowest BCUT2D eigenvalue weighted by molar-refractivity contribution is -0.145. The number of fused-ring (bicyclic) bond motifs is 1. The van der Waals surface area contributed by atoms with Crippen LogP contribution in [-0.4, -0.2) is 52.0 Å². The molecule has 1 atom stereocenters. The van der Waals surface area contributed by atoms with Gasteiger partial charge in [0.15, 0.2) is 0 Å². The molecule has 6 nitrogen and oxygen atoms in total. The highest BCUT2D eigenvalue weighted by Gasteiger charge is 2.22. The van der Waals surface area contributed by atoms with Crippen LogP contribution in [0.2, 0.25) is 0 Å². The van der Waals surface area contributed by atoms with Crippen molar-refractivity contribution in [2.75, 3.05) is 34.0 Å². The van der Waals surface area contributed by atoms with Gasteiger partial charge in [0.25, 0.3) is 0 Å². The van der Waals surface area contributed by atoms with Gasteiger partial charge in [-0.15, -0.1) is 0 Å². The predicted octanol–water partition coefficient (Wildman–Crippen LogP) is 1.70. The van der Waals surface area contributed by atoms with Gasteiger partial charge in [-0.3, -0.25) is 4.79 Å². The van der Waals surface area contributed by atoms with E-state index in [2.05, 4.69) is 5.32 Å². The van der Waals surface area contributed by atoms with Gasteiger partial charge in [-0.1, -0.05) is 42.5 Å². The number of amides is 1. The molecular formula is C19H23NO5. The number of hydrogen-bond donors (Lipinski definition) is 1. The van der Waals surface area contributed by atoms with Crippen molar-refractivity contribution in [1.82, 2.24) is 5.32 Å². The highest BCUT2D eigenvalue weighted by atomic mass is 16.5. The van der Waals surface area contributed by atoms with E-state index in [1.54, 1.807) is 7.11 Å². The first-order valence-corrected chi connectivity index (χ1v) is 8.06. The van der Waals surface area contributed by atoms with Crippen LogP contribution in [0.3, 0.4) is 0 Å². The summed E-state index contributed by atoms with van der Waals surface area (Å²) in [7, 11) is 2.86. The van der Waals surface area contributed by atoms with Crippen LogP contribution in [0.5, 0.6) is 0 Å². The van der Waals surface area contributed by atoms with Crippen molar-refractivity contribution in [3.63, 3.8) is 0 Å². The van der Waals surface area contributed by atoms with Crippen molar-refractivity contribution in [3.8, 4) is 0 Å². The van der Waals surface area contributed by atoms with Crippen LogP contribution in [0.1, 0.15) is 5.56 Å². The summed E-state index contributed by atoms with van der Waals surface area (Å²) in [6.45, 7) is 0.590. The SMILES string of the molecule is COCCOCC(=O)N[C@@H](Cc1cccc2ccccc12)C(=O)OC. The Hall–Kier alpha value is -2.44. The van der Waals surface area contributed by atoms with Crippen LogP contribution >= 0.6 is 0 Å². The molecule has 2 rings (SSSR count). The number of hydrogen-bond acceptors (Lipinski definition) is 5. The summed E-state index contributed by atoms with van der Waals surface area (Å²) < 4.78 is 14.9. The van der Waals surface area contributed by atoms with Gasteiger partial charge >= 0.3 is 5.97 Å². The average molecular weight is 345 g/mol. The van der Waals surface area contributed by atoms with Gasteiger partial charge in [-0.2, -0.15) is 0 Å². The Morgan fingerprint density at radius 3 is 2.56 bits per heavy atom. The van der Waals surface area contributed by atoms with Crippen LogP contribution in [-0.2, 0) is 30.2 Å². The lowest BCUT2D eigenvalue weighted by Gasteiger charge is -2.17. The lowest BCUT2D eigenvalue weighted by Crippen LogP contribution is -2.44. The third kappa shape index (κ3) is 5.55. The normalized spacial score (nSPS) is 11.9. The first-order chi connectivity index (χ1) is 12.2. The Bertz CT molecular complexity index is 711. The van der Waals surface area contributed by atoms with Gasteiger partial charge in [0.1, 0.15) is 12.6 Å². The summed E-state index contributed by atoms with van der Waals surface area (Å²) in [6.07, 6.45) is 0.345. The van der Waals surface area contributed by atoms with Crippen LogP contribution in [0, 0.1) is 0 Å². The Balaban J connectivity index is 2.07. The summed E-state index contributed by atoms with van der Waals surface area (Å²) in [5.41, 5.74) is 0.967. The minimum Gasteiger partial charge on any atom is -0.467 e. The Morgan fingerprint density at radius 1 is 1.04 bits per heavy atom. The van der Waals surface area contributed by atoms with Crippen molar-refractivity contribution < 1.29 is 23.8 Å². The molecule has 0 aliphatic rings. The number of esters is 1. The van der Waals surface area contributed by atoms with Gasteiger partial charge in [0.2, 0.25) is 5.91 Å². The van der Waals surface area contributed by atoms with Crippen molar-refractivity contribution >= 4 is 22.6 Å². The van der Waals surface area contributed by atoms with Crippen LogP contribution in [0.25, 0.3) is 10.8 Å². The summed E-state index contributed by atoms with van der Waals surface area (Å²) in [6, 6.07) is 13.0. The van der Waals surface area contributed by atoms with Crippen molar-refractivity contribution in [3.05, 3.63) is 48.0 Å². The van der Waals surface area contributed by atoms with E-state index in [-0.39, 0.29) is 12.5 Å². The molecular weight excluding hydrogens is 322 g/mol. The van der Waals surface area contributed by atoms with Crippen LogP contribution in [0.15, 0.2) is 42.5 Å². The average Bonchev–Trinajstić information content (AvgIpc) is 2.64. The highest BCUT2D eigenvalue weighted by Crippen LogP contribution is 2.20. The fraction of sp³-hybridized carbons (Fsp3) is 0.368. The molecule has 25 heavy (non-hydrogen) atoms. The molecule has 134 valence electrons. The minimum absolute atomic E-state index is 0.133. The van der Waals surface area contributed by atoms with Gasteiger partial charge in [0.05, 0.1) is 20.3 Å². The van der Waals surface area contributed by atoms with E-state index in [1.807, 2.05) is 42.5 Å². The van der Waals surface area contributed by atoms with E-state index < -0.39 is 12.0 Å². The summed E-state index contributed by atoms with van der Waals surface area (Å²) >= 11 is 0. The Kier molecular flexibility index (Phi) is 7.37. The van der Waals surface area contributed by atoms with Gasteiger partial charge in [0, 0.05) is 13.5 Å². The molecule has 0 unspecified atom stereocenters. The maximum atomic E-state index is 12.1. The standard InChI is InChI=1S/C19H23NO5/c1-23-10-11-25-13-18(21)20-17(19(22)24-2)12-15-8-5-7-14-6-3-4-9-16(14)15/h3-9,17H,10-13H2,1-2H3,(H,20,21)/t17-/m0/s1. The van der Waals surface area contributed by atoms with E-state index in [1.165, 1.54) is 7.11 Å². The van der Waals surface area contributed by atoms with Gasteiger partial charge in [-0.25, -0.2) is 4.79 Å². The number of benzene rings is 2. The number of carbonyl (C=O) groups excluding carboxylic acids is 2. The molecule has 2 aromatic rings. The van der Waals surface area contributed by atoms with Crippen molar-refractivity contribution in [1.29, 1.82) is 0 Å². The monoisotopic (exact) mass is 345 g/mol. The van der Waals surface area contributed by atoms with Crippen molar-refractivity contribution in [2.24, 2.45) is 0 Å². The molecule has 2 aromatic carbocycles. The molecule has 0 heterocycles. The molecule has 0 aliphatic carbocycles. The van der Waals surface area contributed by atoms with Crippen LogP contribution in [0.4, 0.5) is 0 Å². The minimum atomic E-state index is -0.769. The first-order valence-electron chi connectivity index (χ1n) is 8.06. The number of methoxy groups -OCH3 is 2. The van der Waals surface area contributed by atoms with E-state index in [4.69, 9.17) is 14.2 Å². The van der Waals surface area contributed by atoms with Gasteiger partial charge in [-0.05, 0) is 16.3 Å². The number of rotatable bonds is 9. The second-order valence-electron chi connectivity index (χ2n) is 5.53. The molecule has 1 amide bonds. The fourth-order valence-electron chi connectivity index (χ4n) is 2.57. The molecule has 0 aliphatic heterocycles. The maximum Gasteiger partial charge on any atom is 0.328 e. The summed E-state index contributed by atoms with van der Waals surface area (Å²) in [5, 5.41) is 4.81. The number of ether oxygens (including phenoxy) is 3. The summed E-state index contributed by atoms with van der Waals surface area (Å²) in [4.78, 5) is 24.1. The smallest absolute Gasteiger partial charge is 0.328 e. The molecule has 6 heteroatoms. The molecule has 0 radical (unpaired) electrons. The number of carbonyl (C=O) groups is 2. The molecule has 0 spiro atoms. The zero-order valence-electron chi connectivity index (χ0n) is 14.5. The topological polar surface area (TPSA) is 73.9 Å². The van der Waals surface area contributed by atoms with E-state index in [9.17, 15) is 9.59 Å². The predicted molar refractivity (Wildman–Crippen MR) is 94.3 cm³/mol. The second-order valence-corrected chi connectivity index (χ2v) is 5.53. The lowest BCUT2D eigenvalue weighted by atomic mass is 9.99. The maximum absolute atomic E-state index is 12.1. The van der Waals surface area contributed by atoms with Gasteiger partial charge < -0.3 is 19.5 Å². The number of nitrogens with one attached hydrogen (secondary N) is 1. The Labute approximate surface area is 147 Å².